The van der Waals surface area contributed by atoms with Crippen molar-refractivity contribution in [3.05, 3.63) is 0 Å². The minimum absolute atomic E-state index is 0.878. The van der Waals surface area contributed by atoms with Crippen LogP contribution in [0.5, 0.6) is 0 Å². The zero-order valence-electron chi connectivity index (χ0n) is 12.6. The summed E-state index contributed by atoms with van der Waals surface area (Å²) < 4.78 is 0. The molecule has 0 aliphatic carbocycles. The van der Waals surface area contributed by atoms with Crippen LogP contribution in [0.15, 0.2) is 0 Å². The van der Waals surface area contributed by atoms with Gasteiger partial charge in [-0.25, -0.2) is 0 Å². The smallest absolute Gasteiger partial charge is 0.0125 e. The zero-order valence-corrected chi connectivity index (χ0v) is 12.6. The van der Waals surface area contributed by atoms with E-state index in [2.05, 4.69) is 30.7 Å². The van der Waals surface area contributed by atoms with Crippen molar-refractivity contribution in [1.82, 2.24) is 9.80 Å². The maximum absolute atomic E-state index is 2.71. The molecule has 2 aliphatic rings. The Morgan fingerprint density at radius 1 is 1.06 bits per heavy atom. The predicted molar refractivity (Wildman–Crippen MR) is 76.5 cm³/mol. The number of fused-ring (bicyclic) bond motifs is 2. The van der Waals surface area contributed by atoms with Crippen LogP contribution in [0.4, 0.5) is 0 Å². The van der Waals surface area contributed by atoms with Gasteiger partial charge in [0.2, 0.25) is 0 Å². The Hall–Kier alpha value is -0.0800. The van der Waals surface area contributed by atoms with Gasteiger partial charge >= 0.3 is 0 Å². The highest BCUT2D eigenvalue weighted by molar-refractivity contribution is 4.96. The quantitative estimate of drug-likeness (QED) is 0.743. The van der Waals surface area contributed by atoms with Crippen LogP contribution in [0, 0.1) is 0 Å². The molecule has 2 saturated heterocycles. The molecule has 2 heterocycles. The van der Waals surface area contributed by atoms with Crippen LogP contribution in [0.1, 0.15) is 59.8 Å². The number of rotatable bonds is 4. The van der Waals surface area contributed by atoms with Gasteiger partial charge in [0.25, 0.3) is 0 Å². The second-order valence-electron chi connectivity index (χ2n) is 5.30. The fourth-order valence-electron chi connectivity index (χ4n) is 3.57. The third-order valence-electron chi connectivity index (χ3n) is 4.51. The summed E-state index contributed by atoms with van der Waals surface area (Å²) in [6, 6.07) is 2.66. The van der Waals surface area contributed by atoms with Crippen molar-refractivity contribution in [3.8, 4) is 0 Å². The summed E-state index contributed by atoms with van der Waals surface area (Å²) in [6.45, 7) is 11.1. The van der Waals surface area contributed by atoms with Gasteiger partial charge in [-0.2, -0.15) is 0 Å². The molecule has 0 amide bonds. The average Bonchev–Trinajstić information content (AvgIpc) is 2.60. The van der Waals surface area contributed by atoms with Crippen molar-refractivity contribution in [1.29, 1.82) is 0 Å². The minimum atomic E-state index is 0.878. The van der Waals surface area contributed by atoms with E-state index in [9.17, 15) is 0 Å². The second-order valence-corrected chi connectivity index (χ2v) is 5.30. The predicted octanol–water partition coefficient (Wildman–Crippen LogP) is 3.37. The first-order valence-corrected chi connectivity index (χ1v) is 7.72. The van der Waals surface area contributed by atoms with Crippen molar-refractivity contribution >= 4 is 0 Å². The summed E-state index contributed by atoms with van der Waals surface area (Å²) in [6.07, 6.45) is 7.03. The molecule has 2 heteroatoms. The van der Waals surface area contributed by atoms with Gasteiger partial charge in [-0.15, -0.1) is 0 Å². The first-order valence-electron chi connectivity index (χ1n) is 7.72. The third kappa shape index (κ3) is 3.45. The molecule has 102 valence electrons. The molecule has 0 saturated carbocycles. The van der Waals surface area contributed by atoms with Crippen LogP contribution in [0.2, 0.25) is 0 Å². The highest BCUT2D eigenvalue weighted by atomic mass is 15.2. The molecule has 2 atom stereocenters. The highest BCUT2D eigenvalue weighted by Gasteiger charge is 2.39. The van der Waals surface area contributed by atoms with Gasteiger partial charge in [0.1, 0.15) is 0 Å². The third-order valence-corrected chi connectivity index (χ3v) is 4.51. The lowest BCUT2D eigenvalue weighted by Crippen LogP contribution is -2.49. The van der Waals surface area contributed by atoms with Gasteiger partial charge in [0.05, 0.1) is 0 Å². The molecule has 0 aromatic carbocycles. The van der Waals surface area contributed by atoms with E-state index < -0.39 is 0 Å². The molecule has 0 aromatic heterocycles. The van der Waals surface area contributed by atoms with E-state index in [1.165, 1.54) is 45.2 Å². The molecular formula is C15H32N2. The Morgan fingerprint density at radius 3 is 2.00 bits per heavy atom. The molecule has 2 unspecified atom stereocenters. The average molecular weight is 240 g/mol. The largest absolute Gasteiger partial charge is 0.301 e. The van der Waals surface area contributed by atoms with Crippen LogP contribution in [-0.4, -0.2) is 48.1 Å². The minimum Gasteiger partial charge on any atom is -0.301 e. The van der Waals surface area contributed by atoms with Gasteiger partial charge in [-0.3, -0.25) is 0 Å². The van der Waals surface area contributed by atoms with Gasteiger partial charge < -0.3 is 9.80 Å². The van der Waals surface area contributed by atoms with Crippen molar-refractivity contribution in [3.63, 3.8) is 0 Å². The molecule has 17 heavy (non-hydrogen) atoms. The summed E-state index contributed by atoms with van der Waals surface area (Å²) in [5.74, 6) is 0. The molecule has 0 radical (unpaired) electrons. The molecule has 2 bridgehead atoms. The topological polar surface area (TPSA) is 6.48 Å². The van der Waals surface area contributed by atoms with E-state index in [4.69, 9.17) is 0 Å². The lowest BCUT2D eigenvalue weighted by Gasteiger charge is -2.41. The van der Waals surface area contributed by atoms with E-state index in [1.807, 2.05) is 13.8 Å². The monoisotopic (exact) mass is 240 g/mol. The van der Waals surface area contributed by atoms with Gasteiger partial charge in [0.15, 0.2) is 0 Å². The van der Waals surface area contributed by atoms with Crippen molar-refractivity contribution < 1.29 is 0 Å². The molecule has 2 fully saturated rings. The lowest BCUT2D eigenvalue weighted by molar-refractivity contribution is 0.0785. The van der Waals surface area contributed by atoms with E-state index in [1.54, 1.807) is 0 Å². The number of hydrogen-bond acceptors (Lipinski definition) is 2. The van der Waals surface area contributed by atoms with Gasteiger partial charge in [-0.05, 0) is 52.2 Å². The van der Waals surface area contributed by atoms with Crippen LogP contribution < -0.4 is 0 Å². The van der Waals surface area contributed by atoms with Crippen molar-refractivity contribution in [2.75, 3.05) is 20.1 Å². The van der Waals surface area contributed by atoms with Crippen molar-refractivity contribution in [2.45, 2.75) is 77.9 Å². The molecule has 2 rings (SSSR count). The molecule has 0 aromatic rings. The van der Waals surface area contributed by atoms with Crippen LogP contribution in [0.3, 0.4) is 0 Å². The number of piperidine rings is 1. The maximum Gasteiger partial charge on any atom is 0.0125 e. The molecule has 0 spiro atoms. The number of nitrogens with zero attached hydrogens (tertiary/aromatic N) is 2. The summed E-state index contributed by atoms with van der Waals surface area (Å²) in [5.41, 5.74) is 0. The Balaban J connectivity index is 0.000000686. The normalized spacial score (nSPS) is 32.5. The van der Waals surface area contributed by atoms with Crippen molar-refractivity contribution in [2.24, 2.45) is 0 Å². The van der Waals surface area contributed by atoms with Crippen LogP contribution >= 0.6 is 0 Å². The summed E-state index contributed by atoms with van der Waals surface area (Å²) >= 11 is 0. The standard InChI is InChI=1S/C13H26N2.C2H6/c1-4-8-15(5-2)13-9-11-6-7-12(10-13)14(11)3;1-2/h11-13H,4-10H2,1-3H3;1-2H3. The highest BCUT2D eigenvalue weighted by Crippen LogP contribution is 2.36. The fraction of sp³-hybridized carbons (Fsp3) is 1.00. The van der Waals surface area contributed by atoms with E-state index in [0.717, 1.165) is 18.1 Å². The Morgan fingerprint density at radius 2 is 1.59 bits per heavy atom. The van der Waals surface area contributed by atoms with E-state index in [0.29, 0.717) is 0 Å². The summed E-state index contributed by atoms with van der Waals surface area (Å²) in [7, 11) is 2.33. The second kappa shape index (κ2) is 7.38. The molecular weight excluding hydrogens is 208 g/mol. The zero-order chi connectivity index (χ0) is 12.8. The van der Waals surface area contributed by atoms with E-state index in [-0.39, 0.29) is 0 Å². The summed E-state index contributed by atoms with van der Waals surface area (Å²) in [4.78, 5) is 5.34. The maximum atomic E-state index is 2.71. The molecule has 2 aliphatic heterocycles. The van der Waals surface area contributed by atoms with Gasteiger partial charge in [0, 0.05) is 18.1 Å². The number of hydrogen-bond donors (Lipinski definition) is 0. The Labute approximate surface area is 108 Å². The first kappa shape index (κ1) is 15.0. The van der Waals surface area contributed by atoms with E-state index >= 15 is 0 Å². The van der Waals surface area contributed by atoms with Crippen LogP contribution in [0.25, 0.3) is 0 Å². The molecule has 0 N–H and O–H groups in total. The summed E-state index contributed by atoms with van der Waals surface area (Å²) in [5, 5.41) is 0. The van der Waals surface area contributed by atoms with Crippen LogP contribution in [-0.2, 0) is 0 Å². The Bertz CT molecular complexity index is 191. The van der Waals surface area contributed by atoms with Gasteiger partial charge in [-0.1, -0.05) is 27.7 Å². The Kier molecular flexibility index (Phi) is 6.50. The fourth-order valence-corrected chi connectivity index (χ4v) is 3.57. The first-order chi connectivity index (χ1) is 8.26. The lowest BCUT2D eigenvalue weighted by atomic mass is 9.96. The molecule has 2 nitrogen and oxygen atoms in total. The SMILES string of the molecule is CC.CCCN(CC)C1CC2CCC(C1)N2C.